The van der Waals surface area contributed by atoms with Crippen molar-refractivity contribution in [2.45, 2.75) is 12.2 Å². The van der Waals surface area contributed by atoms with Gasteiger partial charge in [-0.2, -0.15) is 17.7 Å². The Bertz CT molecular complexity index is 1060. The van der Waals surface area contributed by atoms with Crippen molar-refractivity contribution in [1.82, 2.24) is 19.8 Å². The standard InChI is InChI=1S/C17H11F4N5S/c18-11-5-3-10(4-6-11)15(12-2-1-9-27-12)22-13-7-8-14-23-24-16(17(19,20)21)26(14)25-13/h1-9,15H,(H,22,25)/t15-/m1/s1. The second kappa shape index (κ2) is 6.62. The van der Waals surface area contributed by atoms with Crippen molar-refractivity contribution < 1.29 is 17.6 Å². The van der Waals surface area contributed by atoms with E-state index in [4.69, 9.17) is 0 Å². The monoisotopic (exact) mass is 393 g/mol. The van der Waals surface area contributed by atoms with Crippen molar-refractivity contribution in [3.05, 3.63) is 76.0 Å². The lowest BCUT2D eigenvalue weighted by molar-refractivity contribution is -0.146. The molecule has 4 aromatic rings. The summed E-state index contributed by atoms with van der Waals surface area (Å²) in [4.78, 5) is 0.906. The molecule has 4 rings (SSSR count). The third-order valence-electron chi connectivity index (χ3n) is 3.84. The molecule has 3 aromatic heterocycles. The summed E-state index contributed by atoms with van der Waals surface area (Å²) in [6.07, 6.45) is -4.67. The quantitative estimate of drug-likeness (QED) is 0.517. The van der Waals surface area contributed by atoms with Crippen molar-refractivity contribution in [2.24, 2.45) is 0 Å². The molecule has 1 atom stereocenters. The van der Waals surface area contributed by atoms with Gasteiger partial charge in [-0.25, -0.2) is 4.39 Å². The van der Waals surface area contributed by atoms with E-state index in [1.807, 2.05) is 17.5 Å². The Morgan fingerprint density at radius 1 is 1.00 bits per heavy atom. The number of aromatic nitrogens is 4. The Kier molecular flexibility index (Phi) is 4.27. The third kappa shape index (κ3) is 3.47. The zero-order chi connectivity index (χ0) is 19.0. The van der Waals surface area contributed by atoms with Crippen LogP contribution in [0.3, 0.4) is 0 Å². The van der Waals surface area contributed by atoms with Gasteiger partial charge in [-0.05, 0) is 41.3 Å². The Morgan fingerprint density at radius 3 is 2.44 bits per heavy atom. The molecule has 27 heavy (non-hydrogen) atoms. The van der Waals surface area contributed by atoms with Crippen molar-refractivity contribution in [1.29, 1.82) is 0 Å². The third-order valence-corrected chi connectivity index (χ3v) is 4.78. The molecule has 0 bridgehead atoms. The van der Waals surface area contributed by atoms with Crippen LogP contribution in [0.4, 0.5) is 23.4 Å². The topological polar surface area (TPSA) is 55.1 Å². The fourth-order valence-corrected chi connectivity index (χ4v) is 3.42. The minimum atomic E-state index is -4.67. The highest BCUT2D eigenvalue weighted by Crippen LogP contribution is 2.31. The number of alkyl halides is 3. The number of anilines is 1. The highest BCUT2D eigenvalue weighted by molar-refractivity contribution is 7.10. The minimum absolute atomic E-state index is 0.0117. The van der Waals surface area contributed by atoms with Gasteiger partial charge in [-0.1, -0.05) is 18.2 Å². The zero-order valence-corrected chi connectivity index (χ0v) is 14.3. The summed E-state index contributed by atoms with van der Waals surface area (Å²) in [5.74, 6) is -1.37. The van der Waals surface area contributed by atoms with E-state index >= 15 is 0 Å². The van der Waals surface area contributed by atoms with E-state index in [-0.39, 0.29) is 17.3 Å². The molecule has 1 aromatic carbocycles. The maximum atomic E-state index is 13.3. The normalized spacial score (nSPS) is 13.0. The predicted octanol–water partition coefficient (Wildman–Crippen LogP) is 4.55. The number of thiophene rings is 1. The van der Waals surface area contributed by atoms with E-state index < -0.39 is 18.0 Å². The first-order valence-corrected chi connectivity index (χ1v) is 8.65. The molecule has 0 fully saturated rings. The molecule has 3 heterocycles. The minimum Gasteiger partial charge on any atom is -0.357 e. The molecule has 138 valence electrons. The van der Waals surface area contributed by atoms with Gasteiger partial charge in [-0.3, -0.25) is 0 Å². The number of benzene rings is 1. The molecule has 10 heteroatoms. The summed E-state index contributed by atoms with van der Waals surface area (Å²) >= 11 is 1.47. The molecule has 0 saturated heterocycles. The predicted molar refractivity (Wildman–Crippen MR) is 92.0 cm³/mol. The Labute approximate surface area is 154 Å². The first-order valence-electron chi connectivity index (χ1n) is 7.77. The maximum absolute atomic E-state index is 13.3. The smallest absolute Gasteiger partial charge is 0.357 e. The van der Waals surface area contributed by atoms with Gasteiger partial charge in [0.1, 0.15) is 11.6 Å². The summed E-state index contributed by atoms with van der Waals surface area (Å²) in [5.41, 5.74) is 0.739. The Morgan fingerprint density at radius 2 is 1.78 bits per heavy atom. The number of nitrogens with one attached hydrogen (secondary N) is 1. The van der Waals surface area contributed by atoms with Gasteiger partial charge in [0, 0.05) is 4.88 Å². The lowest BCUT2D eigenvalue weighted by Crippen LogP contribution is -2.16. The molecule has 0 amide bonds. The van der Waals surface area contributed by atoms with Crippen molar-refractivity contribution >= 4 is 22.8 Å². The van der Waals surface area contributed by atoms with E-state index in [2.05, 4.69) is 20.6 Å². The molecule has 0 aliphatic heterocycles. The number of hydrogen-bond donors (Lipinski definition) is 1. The average molecular weight is 393 g/mol. The van der Waals surface area contributed by atoms with Crippen LogP contribution in [0, 0.1) is 5.82 Å². The van der Waals surface area contributed by atoms with Gasteiger partial charge in [0.15, 0.2) is 5.65 Å². The number of nitrogens with zero attached hydrogens (tertiary/aromatic N) is 4. The van der Waals surface area contributed by atoms with E-state index in [1.54, 1.807) is 12.1 Å². The molecule has 0 spiro atoms. The Hall–Kier alpha value is -3.01. The molecule has 0 saturated carbocycles. The number of halogens is 4. The fourth-order valence-electron chi connectivity index (χ4n) is 2.62. The van der Waals surface area contributed by atoms with E-state index in [1.165, 1.54) is 35.6 Å². The van der Waals surface area contributed by atoms with Crippen LogP contribution in [0.25, 0.3) is 5.65 Å². The van der Waals surface area contributed by atoms with E-state index in [9.17, 15) is 17.6 Å². The van der Waals surface area contributed by atoms with Crippen LogP contribution in [0.2, 0.25) is 0 Å². The molecular formula is C17H11F4N5S. The first-order chi connectivity index (χ1) is 12.9. The molecule has 0 radical (unpaired) electrons. The van der Waals surface area contributed by atoms with Crippen molar-refractivity contribution in [3.63, 3.8) is 0 Å². The van der Waals surface area contributed by atoms with Gasteiger partial charge < -0.3 is 5.32 Å². The first kappa shape index (κ1) is 17.4. The molecule has 0 aliphatic carbocycles. The number of rotatable bonds is 4. The van der Waals surface area contributed by atoms with Crippen LogP contribution >= 0.6 is 11.3 Å². The van der Waals surface area contributed by atoms with Crippen LogP contribution in [0.5, 0.6) is 0 Å². The summed E-state index contributed by atoms with van der Waals surface area (Å²) in [7, 11) is 0. The SMILES string of the molecule is Fc1ccc([C@@H](Nc2ccc3nnc(C(F)(F)F)n3n2)c2cccs2)cc1. The van der Waals surface area contributed by atoms with Crippen LogP contribution in [-0.2, 0) is 6.18 Å². The summed E-state index contributed by atoms with van der Waals surface area (Å²) in [6.45, 7) is 0. The van der Waals surface area contributed by atoms with Crippen LogP contribution in [-0.4, -0.2) is 19.8 Å². The lowest BCUT2D eigenvalue weighted by Gasteiger charge is -2.19. The average Bonchev–Trinajstić information content (AvgIpc) is 3.29. The molecule has 0 aliphatic rings. The van der Waals surface area contributed by atoms with E-state index in [0.29, 0.717) is 4.52 Å². The lowest BCUT2D eigenvalue weighted by atomic mass is 10.1. The van der Waals surface area contributed by atoms with Crippen LogP contribution < -0.4 is 5.32 Å². The van der Waals surface area contributed by atoms with Gasteiger partial charge in [0.05, 0.1) is 6.04 Å². The highest BCUT2D eigenvalue weighted by Gasteiger charge is 2.37. The summed E-state index contributed by atoms with van der Waals surface area (Å²) in [5, 5.41) is 15.6. The highest BCUT2D eigenvalue weighted by atomic mass is 32.1. The molecule has 5 nitrogen and oxygen atoms in total. The Balaban J connectivity index is 1.74. The van der Waals surface area contributed by atoms with E-state index in [0.717, 1.165) is 10.4 Å². The van der Waals surface area contributed by atoms with Gasteiger partial charge in [-0.15, -0.1) is 26.6 Å². The van der Waals surface area contributed by atoms with Gasteiger partial charge in [0.25, 0.3) is 5.82 Å². The largest absolute Gasteiger partial charge is 0.453 e. The molecule has 0 unspecified atom stereocenters. The molecule has 1 N–H and O–H groups in total. The number of hydrogen-bond acceptors (Lipinski definition) is 5. The maximum Gasteiger partial charge on any atom is 0.453 e. The van der Waals surface area contributed by atoms with Crippen LogP contribution in [0.15, 0.2) is 53.9 Å². The summed E-state index contributed by atoms with van der Waals surface area (Å²) in [6, 6.07) is 12.1. The van der Waals surface area contributed by atoms with Gasteiger partial charge >= 0.3 is 6.18 Å². The van der Waals surface area contributed by atoms with Crippen molar-refractivity contribution in [3.8, 4) is 0 Å². The van der Waals surface area contributed by atoms with Crippen molar-refractivity contribution in [2.75, 3.05) is 5.32 Å². The second-order valence-electron chi connectivity index (χ2n) is 5.65. The molecular weight excluding hydrogens is 382 g/mol. The number of fused-ring (bicyclic) bond motifs is 1. The second-order valence-corrected chi connectivity index (χ2v) is 6.63. The van der Waals surface area contributed by atoms with Gasteiger partial charge in [0.2, 0.25) is 0 Å². The fraction of sp³-hybridized carbons (Fsp3) is 0.118. The zero-order valence-electron chi connectivity index (χ0n) is 13.5. The summed E-state index contributed by atoms with van der Waals surface area (Å²) < 4.78 is 53.1. The van der Waals surface area contributed by atoms with Crippen LogP contribution in [0.1, 0.15) is 22.3 Å².